The molecular weight excluding hydrogens is 356 g/mol. The molecule has 0 amide bonds. The van der Waals surface area contributed by atoms with E-state index in [1.54, 1.807) is 0 Å². The first kappa shape index (κ1) is 17.6. The second-order valence-electron chi connectivity index (χ2n) is 6.59. The fraction of sp³-hybridized carbons (Fsp3) is 0.273. The summed E-state index contributed by atoms with van der Waals surface area (Å²) < 4.78 is 4.69. The lowest BCUT2D eigenvalue weighted by Gasteiger charge is -2.09. The van der Waals surface area contributed by atoms with E-state index >= 15 is 0 Å². The zero-order chi connectivity index (χ0) is 18.3. The molecule has 0 unspecified atom stereocenters. The van der Waals surface area contributed by atoms with Crippen LogP contribution in [-0.2, 0) is 26.9 Å². The third-order valence-electron chi connectivity index (χ3n) is 5.21. The number of aryl methyl sites for hydroxylation is 4. The summed E-state index contributed by atoms with van der Waals surface area (Å²) >= 11 is 0. The van der Waals surface area contributed by atoms with Gasteiger partial charge in [0.15, 0.2) is 0 Å². The minimum absolute atomic E-state index is 1.06. The van der Waals surface area contributed by atoms with E-state index < -0.39 is 0 Å². The summed E-state index contributed by atoms with van der Waals surface area (Å²) in [5.74, 6) is 0. The SMILES string of the molecule is CCc1c(SSc2c(CC)c3ccccc3n2C)n(C)c2ccccc12. The molecule has 4 aromatic rings. The number of rotatable bonds is 5. The summed E-state index contributed by atoms with van der Waals surface area (Å²) in [6.45, 7) is 4.51. The van der Waals surface area contributed by atoms with Gasteiger partial charge in [-0.1, -0.05) is 50.2 Å². The number of fused-ring (bicyclic) bond motifs is 2. The lowest BCUT2D eigenvalue weighted by atomic mass is 10.1. The van der Waals surface area contributed by atoms with Crippen LogP contribution >= 0.6 is 21.6 Å². The average molecular weight is 381 g/mol. The van der Waals surface area contributed by atoms with E-state index in [-0.39, 0.29) is 0 Å². The van der Waals surface area contributed by atoms with Crippen molar-refractivity contribution in [1.82, 2.24) is 9.13 Å². The number of aromatic nitrogens is 2. The van der Waals surface area contributed by atoms with Crippen molar-refractivity contribution in [2.75, 3.05) is 0 Å². The van der Waals surface area contributed by atoms with E-state index in [1.807, 2.05) is 21.6 Å². The average Bonchev–Trinajstić information content (AvgIpc) is 3.11. The van der Waals surface area contributed by atoms with E-state index in [2.05, 4.69) is 85.6 Å². The maximum absolute atomic E-state index is 2.35. The van der Waals surface area contributed by atoms with Gasteiger partial charge in [0.1, 0.15) is 0 Å². The number of hydrogen-bond acceptors (Lipinski definition) is 2. The van der Waals surface area contributed by atoms with E-state index in [9.17, 15) is 0 Å². The molecule has 0 radical (unpaired) electrons. The molecular formula is C22H24N2S2. The van der Waals surface area contributed by atoms with Crippen molar-refractivity contribution in [1.29, 1.82) is 0 Å². The standard InChI is InChI=1S/C22H24N2S2/c1-5-15-17-11-7-9-13-19(17)23(3)21(15)25-26-22-16(6-2)18-12-8-10-14-20(18)24(22)4/h7-14H,5-6H2,1-4H3. The van der Waals surface area contributed by atoms with Crippen LogP contribution in [0.4, 0.5) is 0 Å². The zero-order valence-electron chi connectivity index (χ0n) is 15.7. The molecule has 0 N–H and O–H groups in total. The lowest BCUT2D eigenvalue weighted by Crippen LogP contribution is -1.93. The van der Waals surface area contributed by atoms with Gasteiger partial charge in [0, 0.05) is 35.9 Å². The molecule has 0 atom stereocenters. The van der Waals surface area contributed by atoms with Gasteiger partial charge in [-0.15, -0.1) is 0 Å². The van der Waals surface area contributed by atoms with Crippen molar-refractivity contribution in [3.63, 3.8) is 0 Å². The Bertz CT molecular complexity index is 1000. The van der Waals surface area contributed by atoms with Gasteiger partial charge in [0.2, 0.25) is 0 Å². The Morgan fingerprint density at radius 2 is 1.04 bits per heavy atom. The molecule has 0 fully saturated rings. The molecule has 0 saturated carbocycles. The van der Waals surface area contributed by atoms with Gasteiger partial charge in [0.05, 0.1) is 10.1 Å². The fourth-order valence-electron chi connectivity index (χ4n) is 3.87. The summed E-state index contributed by atoms with van der Waals surface area (Å²) in [4.78, 5) is 0. The fourth-order valence-corrected chi connectivity index (χ4v) is 6.91. The van der Waals surface area contributed by atoms with E-state index in [1.165, 1.54) is 43.0 Å². The summed E-state index contributed by atoms with van der Waals surface area (Å²) in [6.07, 6.45) is 2.11. The summed E-state index contributed by atoms with van der Waals surface area (Å²) in [7, 11) is 8.16. The summed E-state index contributed by atoms with van der Waals surface area (Å²) in [5.41, 5.74) is 5.55. The quantitative estimate of drug-likeness (QED) is 0.361. The van der Waals surface area contributed by atoms with E-state index in [0.717, 1.165) is 12.8 Å². The van der Waals surface area contributed by atoms with Crippen LogP contribution in [0.25, 0.3) is 21.8 Å². The minimum Gasteiger partial charge on any atom is -0.338 e. The Balaban J connectivity index is 1.77. The van der Waals surface area contributed by atoms with Crippen LogP contribution in [0.1, 0.15) is 25.0 Å². The molecule has 4 heteroatoms. The molecule has 0 aliphatic carbocycles. The highest BCUT2D eigenvalue weighted by molar-refractivity contribution is 8.76. The van der Waals surface area contributed by atoms with Crippen molar-refractivity contribution in [3.8, 4) is 0 Å². The first-order valence-corrected chi connectivity index (χ1v) is 11.3. The second kappa shape index (κ2) is 7.09. The van der Waals surface area contributed by atoms with E-state index in [0.29, 0.717) is 0 Å². The number of hydrogen-bond donors (Lipinski definition) is 0. The van der Waals surface area contributed by atoms with Crippen LogP contribution < -0.4 is 0 Å². The van der Waals surface area contributed by atoms with Gasteiger partial charge in [-0.25, -0.2) is 0 Å². The summed E-state index contributed by atoms with van der Waals surface area (Å²) in [6, 6.07) is 17.5. The van der Waals surface area contributed by atoms with Gasteiger partial charge in [-0.3, -0.25) is 0 Å². The largest absolute Gasteiger partial charge is 0.338 e. The molecule has 26 heavy (non-hydrogen) atoms. The van der Waals surface area contributed by atoms with Crippen molar-refractivity contribution in [2.24, 2.45) is 14.1 Å². The van der Waals surface area contributed by atoms with Gasteiger partial charge in [0.25, 0.3) is 0 Å². The van der Waals surface area contributed by atoms with Crippen molar-refractivity contribution >= 4 is 43.4 Å². The van der Waals surface area contributed by atoms with E-state index in [4.69, 9.17) is 0 Å². The number of benzene rings is 2. The Morgan fingerprint density at radius 1 is 0.654 bits per heavy atom. The lowest BCUT2D eigenvalue weighted by molar-refractivity contribution is 0.837. The molecule has 0 bridgehead atoms. The first-order chi connectivity index (χ1) is 12.7. The minimum atomic E-state index is 1.06. The molecule has 0 aliphatic rings. The van der Waals surface area contributed by atoms with Gasteiger partial charge in [-0.2, -0.15) is 0 Å². The van der Waals surface area contributed by atoms with Crippen LogP contribution in [0.15, 0.2) is 58.6 Å². The highest BCUT2D eigenvalue weighted by atomic mass is 33.1. The molecule has 2 heterocycles. The Kier molecular flexibility index (Phi) is 4.80. The topological polar surface area (TPSA) is 9.86 Å². The van der Waals surface area contributed by atoms with Crippen LogP contribution in [-0.4, -0.2) is 9.13 Å². The smallest absolute Gasteiger partial charge is 0.0900 e. The molecule has 2 nitrogen and oxygen atoms in total. The Labute approximate surface area is 163 Å². The second-order valence-corrected chi connectivity index (χ2v) is 8.70. The zero-order valence-corrected chi connectivity index (χ0v) is 17.4. The summed E-state index contributed by atoms with van der Waals surface area (Å²) in [5, 5.41) is 5.50. The van der Waals surface area contributed by atoms with Crippen LogP contribution in [0.2, 0.25) is 0 Å². The number of nitrogens with zero attached hydrogens (tertiary/aromatic N) is 2. The van der Waals surface area contributed by atoms with Crippen LogP contribution in [0, 0.1) is 0 Å². The van der Waals surface area contributed by atoms with Crippen LogP contribution in [0.3, 0.4) is 0 Å². The van der Waals surface area contributed by atoms with Gasteiger partial charge in [-0.05, 0) is 57.7 Å². The van der Waals surface area contributed by atoms with Crippen molar-refractivity contribution < 1.29 is 0 Å². The maximum Gasteiger partial charge on any atom is 0.0900 e. The molecule has 134 valence electrons. The first-order valence-electron chi connectivity index (χ1n) is 9.14. The Morgan fingerprint density at radius 3 is 1.42 bits per heavy atom. The van der Waals surface area contributed by atoms with Gasteiger partial charge >= 0.3 is 0 Å². The molecule has 0 saturated heterocycles. The van der Waals surface area contributed by atoms with Crippen LogP contribution in [0.5, 0.6) is 0 Å². The molecule has 0 spiro atoms. The normalized spacial score (nSPS) is 11.7. The molecule has 4 rings (SSSR count). The monoisotopic (exact) mass is 380 g/mol. The highest BCUT2D eigenvalue weighted by Crippen LogP contribution is 2.45. The predicted octanol–water partition coefficient (Wildman–Crippen LogP) is 6.59. The molecule has 0 aliphatic heterocycles. The third kappa shape index (κ3) is 2.67. The van der Waals surface area contributed by atoms with Crippen molar-refractivity contribution in [3.05, 3.63) is 59.7 Å². The predicted molar refractivity (Wildman–Crippen MR) is 116 cm³/mol. The molecule has 2 aromatic carbocycles. The highest BCUT2D eigenvalue weighted by Gasteiger charge is 2.18. The molecule has 2 aromatic heterocycles. The Hall–Kier alpha value is -1.78. The number of para-hydroxylation sites is 2. The van der Waals surface area contributed by atoms with Gasteiger partial charge < -0.3 is 9.13 Å². The third-order valence-corrected chi connectivity index (χ3v) is 7.85. The van der Waals surface area contributed by atoms with Crippen molar-refractivity contribution in [2.45, 2.75) is 36.7 Å². The maximum atomic E-state index is 2.35.